The van der Waals surface area contributed by atoms with Gasteiger partial charge in [-0.3, -0.25) is 4.68 Å². The minimum atomic E-state index is 0.537. The zero-order valence-corrected chi connectivity index (χ0v) is 9.07. The number of rotatable bonds is 2. The van der Waals surface area contributed by atoms with Crippen molar-refractivity contribution in [1.29, 1.82) is 0 Å². The summed E-state index contributed by atoms with van der Waals surface area (Å²) >= 11 is 6.00. The van der Waals surface area contributed by atoms with Gasteiger partial charge in [0.15, 0.2) is 0 Å². The van der Waals surface area contributed by atoms with E-state index in [4.69, 9.17) is 17.3 Å². The topological polar surface area (TPSA) is 56.7 Å². The van der Waals surface area contributed by atoms with Crippen molar-refractivity contribution in [3.05, 3.63) is 40.8 Å². The second-order valence-corrected chi connectivity index (χ2v) is 3.69. The maximum Gasteiger partial charge on any atom is 0.126 e. The van der Waals surface area contributed by atoms with Crippen LogP contribution in [0.2, 0.25) is 5.02 Å². The van der Waals surface area contributed by atoms with Crippen LogP contribution in [0.25, 0.3) is 0 Å². The smallest absolute Gasteiger partial charge is 0.126 e. The molecule has 0 radical (unpaired) electrons. The summed E-state index contributed by atoms with van der Waals surface area (Å²) in [5.74, 6) is 0.537. The van der Waals surface area contributed by atoms with Crippen LogP contribution in [0.3, 0.4) is 0 Å². The summed E-state index contributed by atoms with van der Waals surface area (Å²) < 4.78 is 1.74. The summed E-state index contributed by atoms with van der Waals surface area (Å²) in [5.41, 5.74) is 7.66. The van der Waals surface area contributed by atoms with Gasteiger partial charge >= 0.3 is 0 Å². The summed E-state index contributed by atoms with van der Waals surface area (Å²) in [6.45, 7) is 0. The molecule has 2 N–H and O–H groups in total. The first-order chi connectivity index (χ1) is 7.18. The minimum absolute atomic E-state index is 0.537. The minimum Gasteiger partial charge on any atom is -0.383 e. The van der Waals surface area contributed by atoms with Gasteiger partial charge < -0.3 is 5.73 Å². The summed E-state index contributed by atoms with van der Waals surface area (Å²) in [5, 5.41) is 4.72. The molecule has 0 spiro atoms. The van der Waals surface area contributed by atoms with Crippen molar-refractivity contribution in [3.8, 4) is 0 Å². The van der Waals surface area contributed by atoms with Crippen LogP contribution in [0.15, 0.2) is 24.5 Å². The molecule has 5 heteroatoms. The molecule has 0 amide bonds. The number of hydrogen-bond acceptors (Lipinski definition) is 3. The van der Waals surface area contributed by atoms with Gasteiger partial charge in [0.1, 0.15) is 5.82 Å². The highest BCUT2D eigenvalue weighted by atomic mass is 35.5. The second kappa shape index (κ2) is 3.90. The number of halogens is 1. The molecule has 2 aromatic rings. The number of nitrogen functional groups attached to an aromatic ring is 1. The van der Waals surface area contributed by atoms with Crippen molar-refractivity contribution < 1.29 is 0 Å². The first kappa shape index (κ1) is 9.98. The molecule has 2 aromatic heterocycles. The lowest BCUT2D eigenvalue weighted by Gasteiger charge is -2.05. The van der Waals surface area contributed by atoms with Gasteiger partial charge in [-0.1, -0.05) is 17.7 Å². The average Bonchev–Trinajstić information content (AvgIpc) is 2.53. The fraction of sp³-hybridized carbons (Fsp3) is 0.200. The number of nitrogens with two attached hydrogens (primary N) is 1. The standard InChI is InChI=1S/C10H11ClN4/c1-15-9(8(11)6-14-15)5-7-3-2-4-13-10(7)12/h2-4,6H,5H2,1H3,(H2,12,13). The first-order valence-corrected chi connectivity index (χ1v) is 4.92. The summed E-state index contributed by atoms with van der Waals surface area (Å²) in [6, 6.07) is 3.79. The van der Waals surface area contributed by atoms with E-state index in [1.165, 1.54) is 0 Å². The number of aryl methyl sites for hydroxylation is 1. The molecule has 0 atom stereocenters. The zero-order chi connectivity index (χ0) is 10.8. The van der Waals surface area contributed by atoms with E-state index in [1.54, 1.807) is 17.1 Å². The number of nitrogens with zero attached hydrogens (tertiary/aromatic N) is 3. The Labute approximate surface area is 92.7 Å². The Kier molecular flexibility index (Phi) is 2.60. The summed E-state index contributed by atoms with van der Waals surface area (Å²) in [7, 11) is 1.85. The Morgan fingerprint density at radius 3 is 2.93 bits per heavy atom. The van der Waals surface area contributed by atoms with Gasteiger partial charge in [-0.2, -0.15) is 5.10 Å². The van der Waals surface area contributed by atoms with Crippen LogP contribution < -0.4 is 5.73 Å². The van der Waals surface area contributed by atoms with Crippen molar-refractivity contribution in [1.82, 2.24) is 14.8 Å². The van der Waals surface area contributed by atoms with E-state index in [9.17, 15) is 0 Å². The molecule has 2 heterocycles. The van der Waals surface area contributed by atoms with Crippen LogP contribution in [0, 0.1) is 0 Å². The summed E-state index contributed by atoms with van der Waals surface area (Å²) in [6.07, 6.45) is 3.95. The zero-order valence-electron chi connectivity index (χ0n) is 8.31. The van der Waals surface area contributed by atoms with E-state index in [0.717, 1.165) is 11.3 Å². The number of pyridine rings is 1. The molecule has 0 aliphatic carbocycles. The molecular weight excluding hydrogens is 212 g/mol. The quantitative estimate of drug-likeness (QED) is 0.841. The normalized spacial score (nSPS) is 10.5. The fourth-order valence-corrected chi connectivity index (χ4v) is 1.65. The Hall–Kier alpha value is -1.55. The molecule has 78 valence electrons. The van der Waals surface area contributed by atoms with E-state index in [0.29, 0.717) is 17.3 Å². The highest BCUT2D eigenvalue weighted by Gasteiger charge is 2.09. The molecule has 15 heavy (non-hydrogen) atoms. The number of anilines is 1. The van der Waals surface area contributed by atoms with E-state index in [-0.39, 0.29) is 0 Å². The molecule has 0 fully saturated rings. The largest absolute Gasteiger partial charge is 0.383 e. The third-order valence-corrected chi connectivity index (χ3v) is 2.61. The molecule has 0 unspecified atom stereocenters. The van der Waals surface area contributed by atoms with Crippen LogP contribution in [-0.4, -0.2) is 14.8 Å². The molecule has 0 aliphatic rings. The Bertz CT molecular complexity index is 459. The van der Waals surface area contributed by atoms with Crippen molar-refractivity contribution in [2.75, 3.05) is 5.73 Å². The lowest BCUT2D eigenvalue weighted by molar-refractivity contribution is 0.724. The monoisotopic (exact) mass is 222 g/mol. The molecule has 4 nitrogen and oxygen atoms in total. The van der Waals surface area contributed by atoms with Crippen molar-refractivity contribution in [2.45, 2.75) is 6.42 Å². The molecule has 0 saturated heterocycles. The number of aromatic nitrogens is 3. The Morgan fingerprint density at radius 1 is 1.53 bits per heavy atom. The number of hydrogen-bond donors (Lipinski definition) is 1. The molecule has 0 aliphatic heterocycles. The molecule has 2 rings (SSSR count). The predicted molar refractivity (Wildman–Crippen MR) is 59.7 cm³/mol. The van der Waals surface area contributed by atoms with Gasteiger partial charge in [0, 0.05) is 25.2 Å². The lowest BCUT2D eigenvalue weighted by Crippen LogP contribution is -2.03. The van der Waals surface area contributed by atoms with Gasteiger partial charge in [0.05, 0.1) is 16.9 Å². The maximum absolute atomic E-state index is 6.00. The maximum atomic E-state index is 6.00. The van der Waals surface area contributed by atoms with Crippen molar-refractivity contribution in [3.63, 3.8) is 0 Å². The van der Waals surface area contributed by atoms with E-state index in [2.05, 4.69) is 10.1 Å². The third-order valence-electron chi connectivity index (χ3n) is 2.29. The van der Waals surface area contributed by atoms with E-state index < -0.39 is 0 Å². The SMILES string of the molecule is Cn1ncc(Cl)c1Cc1cccnc1N. The molecule has 0 aromatic carbocycles. The van der Waals surface area contributed by atoms with E-state index in [1.807, 2.05) is 19.2 Å². The highest BCUT2D eigenvalue weighted by molar-refractivity contribution is 6.31. The van der Waals surface area contributed by atoms with Crippen LogP contribution >= 0.6 is 11.6 Å². The molecule has 0 saturated carbocycles. The van der Waals surface area contributed by atoms with Crippen molar-refractivity contribution >= 4 is 17.4 Å². The highest BCUT2D eigenvalue weighted by Crippen LogP contribution is 2.20. The van der Waals surface area contributed by atoms with Gasteiger partial charge in [-0.15, -0.1) is 0 Å². The van der Waals surface area contributed by atoms with Crippen LogP contribution in [0.5, 0.6) is 0 Å². The third kappa shape index (κ3) is 1.94. The summed E-state index contributed by atoms with van der Waals surface area (Å²) in [4.78, 5) is 4.02. The van der Waals surface area contributed by atoms with E-state index >= 15 is 0 Å². The first-order valence-electron chi connectivity index (χ1n) is 4.54. The average molecular weight is 223 g/mol. The van der Waals surface area contributed by atoms with Gasteiger partial charge in [-0.05, 0) is 6.07 Å². The van der Waals surface area contributed by atoms with Crippen LogP contribution in [0.4, 0.5) is 5.82 Å². The Morgan fingerprint density at radius 2 is 2.33 bits per heavy atom. The molecular formula is C10H11ClN4. The predicted octanol–water partition coefficient (Wildman–Crippen LogP) is 1.64. The Balaban J connectivity index is 2.34. The van der Waals surface area contributed by atoms with Crippen LogP contribution in [0.1, 0.15) is 11.3 Å². The van der Waals surface area contributed by atoms with Crippen LogP contribution in [-0.2, 0) is 13.5 Å². The lowest BCUT2D eigenvalue weighted by atomic mass is 10.1. The second-order valence-electron chi connectivity index (χ2n) is 3.29. The van der Waals surface area contributed by atoms with Gasteiger partial charge in [0.2, 0.25) is 0 Å². The molecule has 0 bridgehead atoms. The van der Waals surface area contributed by atoms with Gasteiger partial charge in [0.25, 0.3) is 0 Å². The fourth-order valence-electron chi connectivity index (χ4n) is 1.42. The van der Waals surface area contributed by atoms with Gasteiger partial charge in [-0.25, -0.2) is 4.98 Å². The van der Waals surface area contributed by atoms with Crippen molar-refractivity contribution in [2.24, 2.45) is 7.05 Å².